The van der Waals surface area contributed by atoms with Crippen molar-refractivity contribution in [3.63, 3.8) is 0 Å². The van der Waals surface area contributed by atoms with Crippen LogP contribution in [-0.4, -0.2) is 40.3 Å². The normalized spacial score (nSPS) is 20.7. The highest BCUT2D eigenvalue weighted by Gasteiger charge is 2.43. The number of hydrogen-bond acceptors (Lipinski definition) is 3. The predicted molar refractivity (Wildman–Crippen MR) is 89.2 cm³/mol. The van der Waals surface area contributed by atoms with E-state index in [1.54, 1.807) is 20.8 Å². The van der Waals surface area contributed by atoms with E-state index in [9.17, 15) is 22.8 Å². The van der Waals surface area contributed by atoms with Crippen LogP contribution in [0.1, 0.15) is 38.7 Å². The van der Waals surface area contributed by atoms with E-state index in [2.05, 4.69) is 15.9 Å². The quantitative estimate of drug-likeness (QED) is 0.543. The van der Waals surface area contributed by atoms with Gasteiger partial charge in [-0.2, -0.15) is 0 Å². The summed E-state index contributed by atoms with van der Waals surface area (Å²) in [6, 6.07) is 0.655. The number of Topliss-reactive ketones (excluding diaryl/α,β-unsaturated/α-hetero) is 1. The lowest BCUT2D eigenvalue weighted by Crippen LogP contribution is -2.43. The number of amides is 1. The van der Waals surface area contributed by atoms with Crippen LogP contribution in [0.4, 0.5) is 18.0 Å². The Morgan fingerprint density at radius 3 is 2.40 bits per heavy atom. The standard InChI is InChI=1S/C17H19BrF3NO3/c1-17(2,3)25-16(24)22-8-9(6-12(22)13(23)7-18)14-10(19)4-5-11(20)15(14)21/h4-5,9,12H,6-8H2,1-3H3/t9-,12+/m0/s1. The fourth-order valence-electron chi connectivity index (χ4n) is 2.88. The molecule has 1 aliphatic heterocycles. The first-order valence-electron chi connectivity index (χ1n) is 7.77. The number of ether oxygens (including phenoxy) is 1. The van der Waals surface area contributed by atoms with Crippen molar-refractivity contribution in [1.82, 2.24) is 4.90 Å². The Labute approximate surface area is 152 Å². The molecule has 1 aromatic carbocycles. The van der Waals surface area contributed by atoms with Crippen molar-refractivity contribution in [2.24, 2.45) is 0 Å². The van der Waals surface area contributed by atoms with Crippen LogP contribution in [0, 0.1) is 17.5 Å². The first-order valence-corrected chi connectivity index (χ1v) is 8.89. The SMILES string of the molecule is CC(C)(C)OC(=O)N1C[C@@H](c2c(F)ccc(F)c2F)C[C@@H]1C(=O)CBr. The summed E-state index contributed by atoms with van der Waals surface area (Å²) in [4.78, 5) is 25.7. The molecule has 2 rings (SSSR count). The highest BCUT2D eigenvalue weighted by molar-refractivity contribution is 9.09. The lowest BCUT2D eigenvalue weighted by molar-refractivity contribution is -0.120. The number of nitrogens with zero attached hydrogens (tertiary/aromatic N) is 1. The maximum absolute atomic E-state index is 14.1. The number of ketones is 1. The molecule has 0 aliphatic carbocycles. The zero-order valence-corrected chi connectivity index (χ0v) is 15.7. The van der Waals surface area contributed by atoms with Gasteiger partial charge in [-0.15, -0.1) is 0 Å². The van der Waals surface area contributed by atoms with Gasteiger partial charge in [0.25, 0.3) is 0 Å². The van der Waals surface area contributed by atoms with Crippen LogP contribution in [0.3, 0.4) is 0 Å². The number of hydrogen-bond donors (Lipinski definition) is 0. The number of rotatable bonds is 3. The summed E-state index contributed by atoms with van der Waals surface area (Å²) in [6.45, 7) is 4.89. The second-order valence-corrected chi connectivity index (χ2v) is 7.50. The Balaban J connectivity index is 2.35. The third kappa shape index (κ3) is 4.34. The van der Waals surface area contributed by atoms with Crippen LogP contribution in [0.5, 0.6) is 0 Å². The van der Waals surface area contributed by atoms with Gasteiger partial charge in [0, 0.05) is 18.0 Å². The molecule has 0 unspecified atom stereocenters. The largest absolute Gasteiger partial charge is 0.444 e. The Bertz CT molecular complexity index is 690. The summed E-state index contributed by atoms with van der Waals surface area (Å²) in [5.41, 5.74) is -1.23. The molecule has 2 atom stereocenters. The van der Waals surface area contributed by atoms with Gasteiger partial charge in [-0.3, -0.25) is 9.69 Å². The van der Waals surface area contributed by atoms with Crippen LogP contribution < -0.4 is 0 Å². The highest BCUT2D eigenvalue weighted by Crippen LogP contribution is 2.36. The molecule has 25 heavy (non-hydrogen) atoms. The lowest BCUT2D eigenvalue weighted by Gasteiger charge is -2.27. The number of likely N-dealkylation sites (tertiary alicyclic amines) is 1. The molecule has 1 aromatic rings. The van der Waals surface area contributed by atoms with Crippen molar-refractivity contribution in [2.75, 3.05) is 11.9 Å². The molecule has 0 bridgehead atoms. The monoisotopic (exact) mass is 421 g/mol. The molecule has 8 heteroatoms. The first-order chi connectivity index (χ1) is 11.5. The summed E-state index contributed by atoms with van der Waals surface area (Å²) in [7, 11) is 0. The lowest BCUT2D eigenvalue weighted by atomic mass is 9.94. The van der Waals surface area contributed by atoms with Crippen LogP contribution in [0.2, 0.25) is 0 Å². The van der Waals surface area contributed by atoms with Gasteiger partial charge in [-0.05, 0) is 39.3 Å². The zero-order chi connectivity index (χ0) is 18.9. The average Bonchev–Trinajstić information content (AvgIpc) is 2.94. The van der Waals surface area contributed by atoms with Gasteiger partial charge in [0.1, 0.15) is 11.4 Å². The summed E-state index contributed by atoms with van der Waals surface area (Å²) >= 11 is 3.04. The molecular formula is C17H19BrF3NO3. The van der Waals surface area contributed by atoms with Crippen molar-refractivity contribution in [3.05, 3.63) is 35.1 Å². The van der Waals surface area contributed by atoms with Crippen molar-refractivity contribution in [3.8, 4) is 0 Å². The van der Waals surface area contributed by atoms with Gasteiger partial charge < -0.3 is 4.74 Å². The van der Waals surface area contributed by atoms with Gasteiger partial charge in [0.2, 0.25) is 0 Å². The van der Waals surface area contributed by atoms with E-state index in [4.69, 9.17) is 4.74 Å². The van der Waals surface area contributed by atoms with Crippen LogP contribution in [0.15, 0.2) is 12.1 Å². The van der Waals surface area contributed by atoms with Gasteiger partial charge in [-0.1, -0.05) is 15.9 Å². The fraction of sp³-hybridized carbons (Fsp3) is 0.529. The molecule has 4 nitrogen and oxygen atoms in total. The third-order valence-electron chi connectivity index (χ3n) is 3.92. The fourth-order valence-corrected chi connectivity index (χ4v) is 3.25. The number of carbonyl (C=O) groups excluding carboxylic acids is 2. The Kier molecular flexibility index (Phi) is 5.81. The molecule has 0 radical (unpaired) electrons. The van der Waals surface area contributed by atoms with Gasteiger partial charge in [0.05, 0.1) is 11.4 Å². The smallest absolute Gasteiger partial charge is 0.410 e. The summed E-state index contributed by atoms with van der Waals surface area (Å²) in [6.07, 6.45) is -0.743. The maximum atomic E-state index is 14.1. The predicted octanol–water partition coefficient (Wildman–Crippen LogP) is 4.16. The highest BCUT2D eigenvalue weighted by atomic mass is 79.9. The molecule has 0 aromatic heterocycles. The summed E-state index contributed by atoms with van der Waals surface area (Å²) < 4.78 is 46.9. The van der Waals surface area contributed by atoms with E-state index in [-0.39, 0.29) is 24.1 Å². The molecule has 0 spiro atoms. The molecule has 0 saturated carbocycles. The van der Waals surface area contributed by atoms with E-state index >= 15 is 0 Å². The zero-order valence-electron chi connectivity index (χ0n) is 14.1. The minimum atomic E-state index is -1.29. The molecule has 1 amide bonds. The van der Waals surface area contributed by atoms with E-state index in [1.165, 1.54) is 0 Å². The third-order valence-corrected chi connectivity index (χ3v) is 4.47. The van der Waals surface area contributed by atoms with Gasteiger partial charge >= 0.3 is 6.09 Å². The van der Waals surface area contributed by atoms with Crippen molar-refractivity contribution in [2.45, 2.75) is 44.8 Å². The van der Waals surface area contributed by atoms with Crippen LogP contribution in [0.25, 0.3) is 0 Å². The molecule has 1 saturated heterocycles. The van der Waals surface area contributed by atoms with Crippen molar-refractivity contribution >= 4 is 27.8 Å². The first kappa shape index (κ1) is 19.8. The van der Waals surface area contributed by atoms with Crippen LogP contribution in [-0.2, 0) is 9.53 Å². The summed E-state index contributed by atoms with van der Waals surface area (Å²) in [5.74, 6) is -4.52. The molecule has 1 heterocycles. The Morgan fingerprint density at radius 2 is 1.84 bits per heavy atom. The van der Waals surface area contributed by atoms with E-state index < -0.39 is 46.7 Å². The number of benzene rings is 1. The van der Waals surface area contributed by atoms with Crippen LogP contribution >= 0.6 is 15.9 Å². The van der Waals surface area contributed by atoms with Crippen molar-refractivity contribution in [1.29, 1.82) is 0 Å². The van der Waals surface area contributed by atoms with Gasteiger partial charge in [-0.25, -0.2) is 18.0 Å². The Morgan fingerprint density at radius 1 is 1.24 bits per heavy atom. The average molecular weight is 422 g/mol. The van der Waals surface area contributed by atoms with E-state index in [1.807, 2.05) is 0 Å². The van der Waals surface area contributed by atoms with Crippen molar-refractivity contribution < 1.29 is 27.5 Å². The van der Waals surface area contributed by atoms with Gasteiger partial charge in [0.15, 0.2) is 17.4 Å². The Hall–Kier alpha value is -1.57. The molecule has 1 fully saturated rings. The summed E-state index contributed by atoms with van der Waals surface area (Å²) in [5, 5.41) is -0.0161. The van der Waals surface area contributed by atoms with E-state index in [0.717, 1.165) is 11.0 Å². The minimum absolute atomic E-state index is 0.000962. The number of carbonyl (C=O) groups is 2. The second kappa shape index (κ2) is 7.35. The van der Waals surface area contributed by atoms with E-state index in [0.29, 0.717) is 6.07 Å². The molecule has 1 aliphatic rings. The topological polar surface area (TPSA) is 46.6 Å². The minimum Gasteiger partial charge on any atom is -0.444 e. The second-order valence-electron chi connectivity index (χ2n) is 6.94. The molecular weight excluding hydrogens is 403 g/mol. The number of alkyl halides is 1. The molecule has 0 N–H and O–H groups in total. The maximum Gasteiger partial charge on any atom is 0.410 e. The molecule has 138 valence electrons. The number of halogens is 4.